The molecule has 3 atom stereocenters. The molecule has 112 valence electrons. The molecule has 0 saturated heterocycles. The van der Waals surface area contributed by atoms with E-state index < -0.39 is 0 Å². The topological polar surface area (TPSA) is 50.4 Å². The second-order valence-corrected chi connectivity index (χ2v) is 6.02. The van der Waals surface area contributed by atoms with Crippen LogP contribution in [0.1, 0.15) is 19.8 Å². The Hall–Kier alpha value is -1.97. The lowest BCUT2D eigenvalue weighted by Gasteiger charge is -2.20. The van der Waals surface area contributed by atoms with Gasteiger partial charge in [0.1, 0.15) is 5.75 Å². The number of carbonyl (C=O) groups is 1. The summed E-state index contributed by atoms with van der Waals surface area (Å²) in [6.45, 7) is 2.49. The molecule has 0 aliphatic heterocycles. The van der Waals surface area contributed by atoms with Crippen LogP contribution >= 0.6 is 0 Å². The Labute approximate surface area is 125 Å². The summed E-state index contributed by atoms with van der Waals surface area (Å²) in [4.78, 5) is 11.2. The Balaban J connectivity index is 1.63. The number of amides is 1. The highest BCUT2D eigenvalue weighted by molar-refractivity contribution is 5.90. The van der Waals surface area contributed by atoms with Gasteiger partial charge in [-0.2, -0.15) is 0 Å². The molecule has 4 nitrogen and oxygen atoms in total. The minimum absolute atomic E-state index is 0.0947. The van der Waals surface area contributed by atoms with Gasteiger partial charge >= 0.3 is 0 Å². The fourth-order valence-electron chi connectivity index (χ4n) is 3.47. The van der Waals surface area contributed by atoms with E-state index in [1.165, 1.54) is 19.8 Å². The summed E-state index contributed by atoms with van der Waals surface area (Å²) < 4.78 is 5.34. The van der Waals surface area contributed by atoms with E-state index in [9.17, 15) is 4.79 Å². The maximum atomic E-state index is 11.2. The number of carbonyl (C=O) groups excluding carboxylic acids is 1. The van der Waals surface area contributed by atoms with Crippen molar-refractivity contribution in [2.45, 2.75) is 19.8 Å². The highest BCUT2D eigenvalue weighted by atomic mass is 16.5. The number of rotatable bonds is 5. The van der Waals surface area contributed by atoms with Crippen molar-refractivity contribution in [3.8, 4) is 5.75 Å². The van der Waals surface area contributed by atoms with E-state index in [1.54, 1.807) is 7.11 Å². The molecule has 2 N–H and O–H groups in total. The molecule has 0 heterocycles. The molecule has 0 radical (unpaired) electrons. The van der Waals surface area contributed by atoms with Crippen LogP contribution in [-0.4, -0.2) is 19.6 Å². The maximum Gasteiger partial charge on any atom is 0.221 e. The van der Waals surface area contributed by atoms with Gasteiger partial charge in [-0.3, -0.25) is 4.79 Å². The Kier molecular flexibility index (Phi) is 3.86. The van der Waals surface area contributed by atoms with Crippen LogP contribution in [0.5, 0.6) is 5.75 Å². The van der Waals surface area contributed by atoms with Crippen molar-refractivity contribution in [2.75, 3.05) is 24.3 Å². The first-order valence-corrected chi connectivity index (χ1v) is 7.53. The van der Waals surface area contributed by atoms with Crippen LogP contribution in [0.2, 0.25) is 0 Å². The first-order valence-electron chi connectivity index (χ1n) is 7.53. The lowest BCUT2D eigenvalue weighted by Crippen LogP contribution is -2.18. The van der Waals surface area contributed by atoms with Crippen LogP contribution in [0.15, 0.2) is 30.4 Å². The number of hydrogen-bond acceptors (Lipinski definition) is 3. The summed E-state index contributed by atoms with van der Waals surface area (Å²) >= 11 is 0. The zero-order chi connectivity index (χ0) is 14.8. The minimum Gasteiger partial charge on any atom is -0.494 e. The normalized spacial score (nSPS) is 25.9. The van der Waals surface area contributed by atoms with Gasteiger partial charge in [-0.15, -0.1) is 0 Å². The molecule has 1 aromatic carbocycles. The Morgan fingerprint density at radius 3 is 2.81 bits per heavy atom. The zero-order valence-electron chi connectivity index (χ0n) is 12.6. The van der Waals surface area contributed by atoms with E-state index in [1.807, 2.05) is 18.2 Å². The van der Waals surface area contributed by atoms with Gasteiger partial charge in [-0.1, -0.05) is 12.2 Å². The van der Waals surface area contributed by atoms with Crippen LogP contribution in [0.25, 0.3) is 0 Å². The van der Waals surface area contributed by atoms with Crippen molar-refractivity contribution in [2.24, 2.45) is 17.8 Å². The number of anilines is 2. The lowest BCUT2D eigenvalue weighted by molar-refractivity contribution is -0.114. The molecule has 2 aliphatic rings. The van der Waals surface area contributed by atoms with Crippen molar-refractivity contribution < 1.29 is 9.53 Å². The summed E-state index contributed by atoms with van der Waals surface area (Å²) in [5.74, 6) is 2.88. The summed E-state index contributed by atoms with van der Waals surface area (Å²) in [5, 5.41) is 6.27. The molecule has 1 saturated carbocycles. The maximum absolute atomic E-state index is 11.2. The van der Waals surface area contributed by atoms with E-state index in [0.717, 1.165) is 30.0 Å². The highest BCUT2D eigenvalue weighted by Crippen LogP contribution is 2.43. The van der Waals surface area contributed by atoms with Crippen molar-refractivity contribution in [3.05, 3.63) is 30.4 Å². The Morgan fingerprint density at radius 2 is 2.19 bits per heavy atom. The molecular weight excluding hydrogens is 264 g/mol. The monoisotopic (exact) mass is 286 g/mol. The number of fused-ring (bicyclic) bond motifs is 2. The molecule has 3 rings (SSSR count). The molecule has 3 unspecified atom stereocenters. The Morgan fingerprint density at radius 1 is 1.33 bits per heavy atom. The largest absolute Gasteiger partial charge is 0.494 e. The van der Waals surface area contributed by atoms with Crippen molar-refractivity contribution >= 4 is 17.3 Å². The summed E-state index contributed by atoms with van der Waals surface area (Å²) in [6.07, 6.45) is 7.37. The number of ether oxygens (including phenoxy) is 1. The Bertz CT molecular complexity index is 568. The molecule has 0 aromatic heterocycles. The third kappa shape index (κ3) is 3.04. The molecule has 4 heteroatoms. The zero-order valence-corrected chi connectivity index (χ0v) is 12.6. The van der Waals surface area contributed by atoms with E-state index >= 15 is 0 Å². The highest BCUT2D eigenvalue weighted by Gasteiger charge is 2.35. The fraction of sp³-hybridized carbons (Fsp3) is 0.471. The van der Waals surface area contributed by atoms with Crippen LogP contribution < -0.4 is 15.4 Å². The molecule has 2 aliphatic carbocycles. The van der Waals surface area contributed by atoms with Crippen LogP contribution in [0.4, 0.5) is 11.4 Å². The van der Waals surface area contributed by atoms with Gasteiger partial charge in [0.2, 0.25) is 5.91 Å². The quantitative estimate of drug-likeness (QED) is 0.817. The fourth-order valence-corrected chi connectivity index (χ4v) is 3.47. The van der Waals surface area contributed by atoms with Crippen molar-refractivity contribution in [1.82, 2.24) is 0 Å². The second kappa shape index (κ2) is 5.80. The first-order chi connectivity index (χ1) is 10.2. The van der Waals surface area contributed by atoms with E-state index in [0.29, 0.717) is 11.4 Å². The van der Waals surface area contributed by atoms with E-state index in [4.69, 9.17) is 4.74 Å². The second-order valence-electron chi connectivity index (χ2n) is 6.02. The number of allylic oxidation sites excluding steroid dienone is 2. The van der Waals surface area contributed by atoms with Crippen LogP contribution in [-0.2, 0) is 4.79 Å². The van der Waals surface area contributed by atoms with Crippen molar-refractivity contribution in [3.63, 3.8) is 0 Å². The van der Waals surface area contributed by atoms with Gasteiger partial charge in [0.05, 0.1) is 12.8 Å². The van der Waals surface area contributed by atoms with Gasteiger partial charge in [0, 0.05) is 25.2 Å². The SMILES string of the molecule is COc1cc(NCC2CC3C=CC2C3)ccc1NC(C)=O. The third-order valence-electron chi connectivity index (χ3n) is 4.50. The van der Waals surface area contributed by atoms with E-state index in [-0.39, 0.29) is 5.91 Å². The van der Waals surface area contributed by atoms with Crippen LogP contribution in [0, 0.1) is 17.8 Å². The molecule has 1 fully saturated rings. The number of nitrogens with one attached hydrogen (secondary N) is 2. The summed E-state index contributed by atoms with van der Waals surface area (Å²) in [6, 6.07) is 5.80. The predicted octanol–water partition coefficient (Wildman–Crippen LogP) is 3.28. The molecule has 1 aromatic rings. The van der Waals surface area contributed by atoms with E-state index in [2.05, 4.69) is 22.8 Å². The van der Waals surface area contributed by atoms with Crippen LogP contribution in [0.3, 0.4) is 0 Å². The molecule has 1 amide bonds. The summed E-state index contributed by atoms with van der Waals surface area (Å²) in [5.41, 5.74) is 1.74. The standard InChI is InChI=1S/C17H22N2O2/c1-11(20)19-16-6-5-15(9-17(16)21-2)18-10-14-8-12-3-4-13(14)7-12/h3-6,9,12-14,18H,7-8,10H2,1-2H3,(H,19,20). The molecule has 0 spiro atoms. The van der Waals surface area contributed by atoms with Gasteiger partial charge in [-0.25, -0.2) is 0 Å². The van der Waals surface area contributed by atoms with Gasteiger partial charge < -0.3 is 15.4 Å². The average Bonchev–Trinajstić information content (AvgIpc) is 3.08. The predicted molar refractivity (Wildman–Crippen MR) is 84.6 cm³/mol. The van der Waals surface area contributed by atoms with Gasteiger partial charge in [0.25, 0.3) is 0 Å². The average molecular weight is 286 g/mol. The van der Waals surface area contributed by atoms with Gasteiger partial charge in [-0.05, 0) is 42.7 Å². The van der Waals surface area contributed by atoms with Gasteiger partial charge in [0.15, 0.2) is 0 Å². The number of hydrogen-bond donors (Lipinski definition) is 2. The number of methoxy groups -OCH3 is 1. The smallest absolute Gasteiger partial charge is 0.221 e. The molecule has 21 heavy (non-hydrogen) atoms. The first kappa shape index (κ1) is 14.0. The molecular formula is C17H22N2O2. The minimum atomic E-state index is -0.0947. The summed E-state index contributed by atoms with van der Waals surface area (Å²) in [7, 11) is 1.62. The lowest BCUT2D eigenvalue weighted by atomic mass is 9.93. The van der Waals surface area contributed by atoms with Crippen molar-refractivity contribution in [1.29, 1.82) is 0 Å². The number of benzene rings is 1. The molecule has 2 bridgehead atoms. The third-order valence-corrected chi connectivity index (χ3v) is 4.50.